The zero-order valence-corrected chi connectivity index (χ0v) is 14.8. The van der Waals surface area contributed by atoms with Gasteiger partial charge in [-0.15, -0.1) is 0 Å². The molecule has 1 aromatic carbocycles. The minimum atomic E-state index is -0.147. The summed E-state index contributed by atoms with van der Waals surface area (Å²) in [4.78, 5) is 12.3. The Morgan fingerprint density at radius 1 is 1.40 bits per heavy atom. The van der Waals surface area contributed by atoms with E-state index in [9.17, 15) is 4.79 Å². The second-order valence-electron chi connectivity index (χ2n) is 6.66. The van der Waals surface area contributed by atoms with Crippen LogP contribution in [0.2, 0.25) is 0 Å². The maximum absolute atomic E-state index is 12.3. The highest BCUT2D eigenvalue weighted by Gasteiger charge is 2.27. The van der Waals surface area contributed by atoms with E-state index in [1.165, 1.54) is 5.56 Å². The molecule has 6 nitrogen and oxygen atoms in total. The van der Waals surface area contributed by atoms with Gasteiger partial charge in [-0.05, 0) is 42.6 Å². The number of H-pyrrole nitrogens is 1. The SMILES string of the molecule is O=C(CC1OCCc2ccccc21)NCCc1n[nH]c(=S)n1C1CC1. The van der Waals surface area contributed by atoms with Crippen LogP contribution in [0.25, 0.3) is 0 Å². The molecule has 2 aliphatic rings. The highest BCUT2D eigenvalue weighted by atomic mass is 32.1. The summed E-state index contributed by atoms with van der Waals surface area (Å²) in [6.45, 7) is 1.23. The first-order chi connectivity index (χ1) is 12.2. The van der Waals surface area contributed by atoms with Crippen molar-refractivity contribution >= 4 is 18.1 Å². The standard InChI is InChI=1S/C18H22N4O2S/c23-17(11-15-14-4-2-1-3-12(14)8-10-24-15)19-9-7-16-20-21-18(25)22(16)13-5-6-13/h1-4,13,15H,5-11H2,(H,19,23)(H,21,25). The third-order valence-corrected chi connectivity index (χ3v) is 5.11. The average molecular weight is 358 g/mol. The predicted molar refractivity (Wildman–Crippen MR) is 95.9 cm³/mol. The molecule has 1 amide bonds. The topological polar surface area (TPSA) is 71.9 Å². The molecule has 0 bridgehead atoms. The zero-order chi connectivity index (χ0) is 17.2. The predicted octanol–water partition coefficient (Wildman–Crippen LogP) is 2.64. The largest absolute Gasteiger partial charge is 0.373 e. The Morgan fingerprint density at radius 3 is 3.08 bits per heavy atom. The quantitative estimate of drug-likeness (QED) is 0.779. The third kappa shape index (κ3) is 3.67. The molecular weight excluding hydrogens is 336 g/mol. The van der Waals surface area contributed by atoms with E-state index in [4.69, 9.17) is 17.0 Å². The number of hydrogen-bond acceptors (Lipinski definition) is 4. The molecule has 1 atom stereocenters. The fraction of sp³-hybridized carbons (Fsp3) is 0.500. The minimum absolute atomic E-state index is 0.00816. The van der Waals surface area contributed by atoms with Crippen LogP contribution in [0.5, 0.6) is 0 Å². The second-order valence-corrected chi connectivity index (χ2v) is 7.05. The molecule has 1 unspecified atom stereocenters. The molecule has 1 aromatic heterocycles. The Kier molecular flexibility index (Phi) is 4.67. The number of hydrogen-bond donors (Lipinski definition) is 2. The minimum Gasteiger partial charge on any atom is -0.373 e. The second kappa shape index (κ2) is 7.09. The number of rotatable bonds is 6. The van der Waals surface area contributed by atoms with Crippen LogP contribution in [0.4, 0.5) is 0 Å². The van der Waals surface area contributed by atoms with Gasteiger partial charge in [-0.3, -0.25) is 9.89 Å². The molecule has 132 valence electrons. The van der Waals surface area contributed by atoms with Crippen LogP contribution in [0, 0.1) is 4.77 Å². The van der Waals surface area contributed by atoms with Gasteiger partial charge < -0.3 is 14.6 Å². The summed E-state index contributed by atoms with van der Waals surface area (Å²) in [7, 11) is 0. The first kappa shape index (κ1) is 16.5. The molecule has 2 heterocycles. The molecule has 2 aromatic rings. The van der Waals surface area contributed by atoms with Gasteiger partial charge in [0.05, 0.1) is 19.1 Å². The van der Waals surface area contributed by atoms with Crippen molar-refractivity contribution in [1.82, 2.24) is 20.1 Å². The Hall–Kier alpha value is -1.99. The maximum Gasteiger partial charge on any atom is 0.222 e. The highest BCUT2D eigenvalue weighted by Crippen LogP contribution is 2.35. The number of nitrogens with one attached hydrogen (secondary N) is 2. The molecule has 7 heteroatoms. The zero-order valence-electron chi connectivity index (χ0n) is 14.0. The van der Waals surface area contributed by atoms with Crippen molar-refractivity contribution in [2.45, 2.75) is 44.2 Å². The van der Waals surface area contributed by atoms with Gasteiger partial charge in [-0.1, -0.05) is 24.3 Å². The van der Waals surface area contributed by atoms with E-state index in [1.807, 2.05) is 12.1 Å². The third-order valence-electron chi connectivity index (χ3n) is 4.82. The van der Waals surface area contributed by atoms with Crippen LogP contribution in [0.1, 0.15) is 48.4 Å². The van der Waals surface area contributed by atoms with E-state index in [-0.39, 0.29) is 12.0 Å². The Bertz CT molecular complexity index is 824. The van der Waals surface area contributed by atoms with Crippen molar-refractivity contribution in [2.75, 3.05) is 13.2 Å². The summed E-state index contributed by atoms with van der Waals surface area (Å²) >= 11 is 5.28. The lowest BCUT2D eigenvalue weighted by Gasteiger charge is -2.25. The molecule has 1 saturated carbocycles. The number of ether oxygens (including phenoxy) is 1. The summed E-state index contributed by atoms with van der Waals surface area (Å²) in [5, 5.41) is 10.1. The number of aromatic nitrogens is 3. The van der Waals surface area contributed by atoms with Gasteiger partial charge in [0.2, 0.25) is 5.91 Å². The molecule has 2 N–H and O–H groups in total. The average Bonchev–Trinajstić information content (AvgIpc) is 3.39. The number of carbonyl (C=O) groups excluding carboxylic acids is 1. The van der Waals surface area contributed by atoms with Crippen LogP contribution in [0.15, 0.2) is 24.3 Å². The van der Waals surface area contributed by atoms with Crippen LogP contribution < -0.4 is 5.32 Å². The van der Waals surface area contributed by atoms with Gasteiger partial charge in [0, 0.05) is 19.0 Å². The fourth-order valence-corrected chi connectivity index (χ4v) is 3.72. The summed E-state index contributed by atoms with van der Waals surface area (Å²) in [6.07, 6.45) is 4.12. The van der Waals surface area contributed by atoms with E-state index >= 15 is 0 Å². The van der Waals surface area contributed by atoms with Gasteiger partial charge in [-0.25, -0.2) is 0 Å². The molecule has 0 saturated heterocycles. The van der Waals surface area contributed by atoms with Gasteiger partial charge in [0.1, 0.15) is 5.82 Å². The Balaban J connectivity index is 1.31. The van der Waals surface area contributed by atoms with Crippen LogP contribution in [-0.4, -0.2) is 33.8 Å². The monoisotopic (exact) mass is 358 g/mol. The summed E-state index contributed by atoms with van der Waals surface area (Å²) in [6, 6.07) is 8.69. The number of nitrogens with zero attached hydrogens (tertiary/aromatic N) is 2. The molecular formula is C18H22N4O2S. The van der Waals surface area contributed by atoms with E-state index in [2.05, 4.69) is 32.2 Å². The van der Waals surface area contributed by atoms with Crippen molar-refractivity contribution in [3.05, 3.63) is 46.0 Å². The number of fused-ring (bicyclic) bond motifs is 1. The van der Waals surface area contributed by atoms with Gasteiger partial charge >= 0.3 is 0 Å². The van der Waals surface area contributed by atoms with Crippen LogP contribution in [-0.2, 0) is 22.4 Å². The van der Waals surface area contributed by atoms with Gasteiger partial charge in [0.25, 0.3) is 0 Å². The van der Waals surface area contributed by atoms with E-state index < -0.39 is 0 Å². The van der Waals surface area contributed by atoms with Crippen molar-refractivity contribution in [3.8, 4) is 0 Å². The van der Waals surface area contributed by atoms with Crippen LogP contribution >= 0.6 is 12.2 Å². The Morgan fingerprint density at radius 2 is 2.24 bits per heavy atom. The van der Waals surface area contributed by atoms with E-state index in [1.54, 1.807) is 0 Å². The van der Waals surface area contributed by atoms with Crippen LogP contribution in [0.3, 0.4) is 0 Å². The molecule has 1 fully saturated rings. The number of benzene rings is 1. The summed E-state index contributed by atoms with van der Waals surface area (Å²) in [5.41, 5.74) is 2.42. The molecule has 1 aliphatic carbocycles. The molecule has 0 spiro atoms. The molecule has 1 aliphatic heterocycles. The van der Waals surface area contributed by atoms with E-state index in [0.29, 0.717) is 36.8 Å². The molecule has 4 rings (SSSR count). The smallest absolute Gasteiger partial charge is 0.222 e. The lowest BCUT2D eigenvalue weighted by atomic mass is 9.95. The fourth-order valence-electron chi connectivity index (χ4n) is 3.42. The normalized spacial score (nSPS) is 19.4. The number of aromatic amines is 1. The number of carbonyl (C=O) groups is 1. The molecule has 25 heavy (non-hydrogen) atoms. The summed E-state index contributed by atoms with van der Waals surface area (Å²) < 4.78 is 8.57. The van der Waals surface area contributed by atoms with Crippen molar-refractivity contribution in [2.24, 2.45) is 0 Å². The summed E-state index contributed by atoms with van der Waals surface area (Å²) in [5.74, 6) is 0.931. The van der Waals surface area contributed by atoms with Crippen molar-refractivity contribution in [1.29, 1.82) is 0 Å². The Labute approximate surface area is 151 Å². The molecule has 0 radical (unpaired) electrons. The first-order valence-corrected chi connectivity index (χ1v) is 9.25. The lowest BCUT2D eigenvalue weighted by molar-refractivity contribution is -0.124. The number of amides is 1. The van der Waals surface area contributed by atoms with Crippen molar-refractivity contribution in [3.63, 3.8) is 0 Å². The van der Waals surface area contributed by atoms with E-state index in [0.717, 1.165) is 30.7 Å². The van der Waals surface area contributed by atoms with Crippen molar-refractivity contribution < 1.29 is 9.53 Å². The lowest BCUT2D eigenvalue weighted by Crippen LogP contribution is -2.29. The maximum atomic E-state index is 12.3. The highest BCUT2D eigenvalue weighted by molar-refractivity contribution is 7.71. The van der Waals surface area contributed by atoms with Gasteiger partial charge in [0.15, 0.2) is 4.77 Å². The van der Waals surface area contributed by atoms with Gasteiger partial charge in [-0.2, -0.15) is 5.10 Å². The first-order valence-electron chi connectivity index (χ1n) is 8.84.